The van der Waals surface area contributed by atoms with Gasteiger partial charge >= 0.3 is 0 Å². The minimum Gasteiger partial charge on any atom is -0.397 e. The first-order valence-electron chi connectivity index (χ1n) is 4.80. The second kappa shape index (κ2) is 5.19. The molecule has 0 aliphatic carbocycles. The van der Waals surface area contributed by atoms with Crippen molar-refractivity contribution in [2.75, 3.05) is 24.1 Å². The number of aryl methyl sites for hydroxylation is 1. The summed E-state index contributed by atoms with van der Waals surface area (Å²) < 4.78 is 0. The number of carbonyl (C=O) groups excluding carboxylic acids is 1. The molecule has 0 spiro atoms. The number of pyridine rings is 1. The molecule has 1 heterocycles. The lowest BCUT2D eigenvalue weighted by atomic mass is 10.2. The zero-order valence-electron chi connectivity index (χ0n) is 9.00. The number of nitrogens with zero attached hydrogens (tertiary/aromatic N) is 1. The Morgan fingerprint density at radius 2 is 2.27 bits per heavy atom. The number of hydrogen-bond acceptors (Lipinski definition) is 4. The van der Waals surface area contributed by atoms with Crippen molar-refractivity contribution < 1.29 is 4.79 Å². The Kier molecular flexibility index (Phi) is 3.91. The van der Waals surface area contributed by atoms with Gasteiger partial charge < -0.3 is 16.4 Å². The minimum absolute atomic E-state index is 0.0294. The van der Waals surface area contributed by atoms with Crippen LogP contribution in [0.5, 0.6) is 0 Å². The Labute approximate surface area is 89.1 Å². The monoisotopic (exact) mass is 208 g/mol. The number of hydrogen-bond donors (Lipinski definition) is 3. The van der Waals surface area contributed by atoms with Crippen molar-refractivity contribution in [1.29, 1.82) is 0 Å². The van der Waals surface area contributed by atoms with Crippen molar-refractivity contribution in [2.24, 2.45) is 0 Å². The van der Waals surface area contributed by atoms with E-state index in [0.29, 0.717) is 18.8 Å². The van der Waals surface area contributed by atoms with Gasteiger partial charge in [0, 0.05) is 20.0 Å². The molecule has 0 radical (unpaired) electrons. The molecule has 0 atom stereocenters. The third-order valence-corrected chi connectivity index (χ3v) is 1.96. The molecule has 82 valence electrons. The fraction of sp³-hybridized carbons (Fsp3) is 0.400. The third-order valence-electron chi connectivity index (χ3n) is 1.96. The van der Waals surface area contributed by atoms with Crippen LogP contribution < -0.4 is 16.4 Å². The molecule has 0 saturated heterocycles. The summed E-state index contributed by atoms with van der Waals surface area (Å²) in [4.78, 5) is 14.7. The van der Waals surface area contributed by atoms with Gasteiger partial charge in [0.05, 0.1) is 11.9 Å². The van der Waals surface area contributed by atoms with Crippen LogP contribution in [0.3, 0.4) is 0 Å². The van der Waals surface area contributed by atoms with E-state index in [1.165, 1.54) is 6.92 Å². The lowest BCUT2D eigenvalue weighted by Crippen LogP contribution is -2.26. The van der Waals surface area contributed by atoms with Crippen molar-refractivity contribution in [3.05, 3.63) is 17.8 Å². The van der Waals surface area contributed by atoms with E-state index in [-0.39, 0.29) is 5.91 Å². The molecule has 4 N–H and O–H groups in total. The Hall–Kier alpha value is -1.78. The van der Waals surface area contributed by atoms with E-state index in [0.717, 1.165) is 11.4 Å². The topological polar surface area (TPSA) is 80.0 Å². The first kappa shape index (κ1) is 11.3. The molecule has 0 saturated carbocycles. The SMILES string of the molecule is CC(=O)NCCNc1cc(C)c(N)cn1. The van der Waals surface area contributed by atoms with Crippen LogP contribution >= 0.6 is 0 Å². The second-order valence-corrected chi connectivity index (χ2v) is 3.34. The maximum Gasteiger partial charge on any atom is 0.216 e. The normalized spacial score (nSPS) is 9.73. The van der Waals surface area contributed by atoms with Crippen LogP contribution in [-0.4, -0.2) is 24.0 Å². The van der Waals surface area contributed by atoms with Crippen molar-refractivity contribution in [3.8, 4) is 0 Å². The number of nitrogen functional groups attached to an aromatic ring is 1. The van der Waals surface area contributed by atoms with E-state index in [1.807, 2.05) is 13.0 Å². The molecule has 0 fully saturated rings. The maximum atomic E-state index is 10.6. The molecule has 0 aromatic carbocycles. The molecule has 0 aliphatic rings. The summed E-state index contributed by atoms with van der Waals surface area (Å²) >= 11 is 0. The number of aromatic nitrogens is 1. The minimum atomic E-state index is -0.0294. The molecule has 0 aliphatic heterocycles. The number of carbonyl (C=O) groups is 1. The predicted molar refractivity (Wildman–Crippen MR) is 60.6 cm³/mol. The van der Waals surface area contributed by atoms with Gasteiger partial charge in [-0.25, -0.2) is 4.98 Å². The van der Waals surface area contributed by atoms with Crippen LogP contribution in [0.25, 0.3) is 0 Å². The van der Waals surface area contributed by atoms with E-state index in [2.05, 4.69) is 15.6 Å². The first-order valence-corrected chi connectivity index (χ1v) is 4.80. The van der Waals surface area contributed by atoms with Crippen LogP contribution in [0.1, 0.15) is 12.5 Å². The van der Waals surface area contributed by atoms with Gasteiger partial charge in [-0.3, -0.25) is 4.79 Å². The molecule has 1 aromatic heterocycles. The Bertz CT molecular complexity index is 351. The van der Waals surface area contributed by atoms with Crippen LogP contribution in [0.4, 0.5) is 11.5 Å². The van der Waals surface area contributed by atoms with E-state index in [4.69, 9.17) is 5.73 Å². The summed E-state index contributed by atoms with van der Waals surface area (Å²) in [6, 6.07) is 1.88. The molecule has 0 bridgehead atoms. The van der Waals surface area contributed by atoms with Crippen molar-refractivity contribution in [1.82, 2.24) is 10.3 Å². The molecule has 1 amide bonds. The zero-order chi connectivity index (χ0) is 11.3. The van der Waals surface area contributed by atoms with Crippen LogP contribution in [0, 0.1) is 6.92 Å². The second-order valence-electron chi connectivity index (χ2n) is 3.34. The molecule has 15 heavy (non-hydrogen) atoms. The molecular formula is C10H16N4O. The van der Waals surface area contributed by atoms with Crippen LogP contribution in [0.15, 0.2) is 12.3 Å². The van der Waals surface area contributed by atoms with E-state index < -0.39 is 0 Å². The number of nitrogens with two attached hydrogens (primary N) is 1. The Morgan fingerprint density at radius 1 is 1.53 bits per heavy atom. The van der Waals surface area contributed by atoms with Crippen molar-refractivity contribution in [3.63, 3.8) is 0 Å². The molecule has 1 aromatic rings. The fourth-order valence-corrected chi connectivity index (χ4v) is 1.09. The standard InChI is InChI=1S/C10H16N4O/c1-7-5-10(14-6-9(7)11)13-4-3-12-8(2)15/h5-6H,3-4,11H2,1-2H3,(H,12,15)(H,13,14). The van der Waals surface area contributed by atoms with E-state index in [1.54, 1.807) is 6.20 Å². The Balaban J connectivity index is 2.38. The number of anilines is 2. The van der Waals surface area contributed by atoms with Gasteiger partial charge in [-0.2, -0.15) is 0 Å². The van der Waals surface area contributed by atoms with Gasteiger partial charge in [0.25, 0.3) is 0 Å². The lowest BCUT2D eigenvalue weighted by molar-refractivity contribution is -0.118. The van der Waals surface area contributed by atoms with Crippen molar-refractivity contribution in [2.45, 2.75) is 13.8 Å². The van der Waals surface area contributed by atoms with Gasteiger partial charge in [-0.05, 0) is 18.6 Å². The van der Waals surface area contributed by atoms with Gasteiger partial charge in [-0.1, -0.05) is 0 Å². The predicted octanol–water partition coefficient (Wildman–Crippen LogP) is 0.520. The lowest BCUT2D eigenvalue weighted by Gasteiger charge is -2.07. The van der Waals surface area contributed by atoms with E-state index >= 15 is 0 Å². The molecule has 5 heteroatoms. The summed E-state index contributed by atoms with van der Waals surface area (Å²) in [6.45, 7) is 4.65. The van der Waals surface area contributed by atoms with Crippen molar-refractivity contribution >= 4 is 17.4 Å². The third kappa shape index (κ3) is 3.84. The Morgan fingerprint density at radius 3 is 2.87 bits per heavy atom. The van der Waals surface area contributed by atoms with Gasteiger partial charge in [0.15, 0.2) is 0 Å². The first-order chi connectivity index (χ1) is 7.09. The largest absolute Gasteiger partial charge is 0.397 e. The highest BCUT2D eigenvalue weighted by atomic mass is 16.1. The summed E-state index contributed by atoms with van der Waals surface area (Å²) in [7, 11) is 0. The molecule has 1 rings (SSSR count). The average Bonchev–Trinajstić information content (AvgIpc) is 2.18. The summed E-state index contributed by atoms with van der Waals surface area (Å²) in [5.41, 5.74) is 7.31. The molecule has 5 nitrogen and oxygen atoms in total. The summed E-state index contributed by atoms with van der Waals surface area (Å²) in [5, 5.41) is 5.77. The number of amides is 1. The summed E-state index contributed by atoms with van der Waals surface area (Å²) in [5.74, 6) is 0.741. The number of rotatable bonds is 4. The quantitative estimate of drug-likeness (QED) is 0.630. The molecule has 0 unspecified atom stereocenters. The smallest absolute Gasteiger partial charge is 0.216 e. The average molecular weight is 208 g/mol. The van der Waals surface area contributed by atoms with Gasteiger partial charge in [0.2, 0.25) is 5.91 Å². The highest BCUT2D eigenvalue weighted by molar-refractivity contribution is 5.72. The summed E-state index contributed by atoms with van der Waals surface area (Å²) in [6.07, 6.45) is 1.62. The highest BCUT2D eigenvalue weighted by Gasteiger charge is 1.97. The fourth-order valence-electron chi connectivity index (χ4n) is 1.09. The van der Waals surface area contributed by atoms with E-state index in [9.17, 15) is 4.79 Å². The van der Waals surface area contributed by atoms with Gasteiger partial charge in [0.1, 0.15) is 5.82 Å². The molecular weight excluding hydrogens is 192 g/mol. The van der Waals surface area contributed by atoms with Crippen LogP contribution in [-0.2, 0) is 4.79 Å². The van der Waals surface area contributed by atoms with Gasteiger partial charge in [-0.15, -0.1) is 0 Å². The highest BCUT2D eigenvalue weighted by Crippen LogP contribution is 2.12. The number of nitrogens with one attached hydrogen (secondary N) is 2. The zero-order valence-corrected chi connectivity index (χ0v) is 9.00. The van der Waals surface area contributed by atoms with Crippen LogP contribution in [0.2, 0.25) is 0 Å². The maximum absolute atomic E-state index is 10.6.